The predicted octanol–water partition coefficient (Wildman–Crippen LogP) is 4.77. The van der Waals surface area contributed by atoms with Gasteiger partial charge in [-0.3, -0.25) is 14.3 Å². The van der Waals surface area contributed by atoms with Gasteiger partial charge in [0.2, 0.25) is 5.95 Å². The highest BCUT2D eigenvalue weighted by Gasteiger charge is 2.11. The number of aromatic nitrogens is 4. The Morgan fingerprint density at radius 2 is 1.80 bits per heavy atom. The first kappa shape index (κ1) is 18.3. The van der Waals surface area contributed by atoms with Crippen LogP contribution in [0.25, 0.3) is 21.9 Å². The first-order valence-electron chi connectivity index (χ1n) is 9.39. The summed E-state index contributed by atoms with van der Waals surface area (Å²) < 4.78 is 1.57. The topological polar surface area (TPSA) is 72.7 Å². The zero-order chi connectivity index (χ0) is 20.5. The van der Waals surface area contributed by atoms with Crippen LogP contribution < -0.4 is 10.9 Å². The van der Waals surface area contributed by atoms with Crippen LogP contribution in [0.15, 0.2) is 93.7 Å². The third-order valence-corrected chi connectivity index (χ3v) is 5.77. The van der Waals surface area contributed by atoms with Crippen molar-refractivity contribution < 1.29 is 0 Å². The zero-order valence-electron chi connectivity index (χ0n) is 16.1. The second-order valence-corrected chi connectivity index (χ2v) is 7.91. The Morgan fingerprint density at radius 3 is 2.67 bits per heavy atom. The highest BCUT2D eigenvalue weighted by atomic mass is 32.2. The highest BCUT2D eigenvalue weighted by molar-refractivity contribution is 7.99. The molecule has 5 aromatic rings. The van der Waals surface area contributed by atoms with Crippen LogP contribution in [0, 0.1) is 0 Å². The van der Waals surface area contributed by atoms with E-state index in [4.69, 9.17) is 0 Å². The van der Waals surface area contributed by atoms with Crippen LogP contribution in [0.1, 0.15) is 0 Å². The lowest BCUT2D eigenvalue weighted by Gasteiger charge is -2.10. The molecule has 2 aromatic carbocycles. The van der Waals surface area contributed by atoms with Gasteiger partial charge < -0.3 is 5.32 Å². The molecule has 0 aliphatic carbocycles. The van der Waals surface area contributed by atoms with Crippen LogP contribution in [-0.4, -0.2) is 19.5 Å². The average molecular weight is 411 g/mol. The number of nitrogens with zero attached hydrogens (tertiary/aromatic N) is 4. The van der Waals surface area contributed by atoms with E-state index >= 15 is 0 Å². The number of nitrogens with one attached hydrogen (secondary N) is 1. The van der Waals surface area contributed by atoms with E-state index in [0.717, 1.165) is 26.9 Å². The molecule has 0 saturated heterocycles. The van der Waals surface area contributed by atoms with E-state index in [0.29, 0.717) is 16.5 Å². The van der Waals surface area contributed by atoms with Crippen molar-refractivity contribution in [3.63, 3.8) is 0 Å². The summed E-state index contributed by atoms with van der Waals surface area (Å²) in [5, 5.41) is 5.05. The molecular formula is C23H17N5OS. The molecule has 5 rings (SSSR count). The fraction of sp³-hybridized carbons (Fsp3) is 0.0435. The van der Waals surface area contributed by atoms with Crippen LogP contribution in [0.5, 0.6) is 0 Å². The van der Waals surface area contributed by atoms with Gasteiger partial charge in [0, 0.05) is 40.8 Å². The molecule has 1 N–H and O–H groups in total. The Kier molecular flexibility index (Phi) is 4.65. The molecule has 0 aliphatic heterocycles. The molecule has 0 spiro atoms. The molecule has 0 saturated carbocycles. The molecule has 0 atom stereocenters. The molecule has 0 bridgehead atoms. The molecule has 0 unspecified atom stereocenters. The number of rotatable bonds is 4. The van der Waals surface area contributed by atoms with E-state index < -0.39 is 0 Å². The van der Waals surface area contributed by atoms with Crippen LogP contribution in [0.4, 0.5) is 11.6 Å². The molecule has 0 fully saturated rings. The predicted molar refractivity (Wildman–Crippen MR) is 120 cm³/mol. The molecule has 7 heteroatoms. The molecule has 30 heavy (non-hydrogen) atoms. The normalized spacial score (nSPS) is 11.1. The number of anilines is 2. The van der Waals surface area contributed by atoms with Crippen molar-refractivity contribution in [2.45, 2.75) is 9.79 Å². The van der Waals surface area contributed by atoms with E-state index in [9.17, 15) is 4.79 Å². The van der Waals surface area contributed by atoms with Gasteiger partial charge in [0.05, 0.1) is 10.4 Å². The Bertz CT molecular complexity index is 1430. The number of benzene rings is 2. The van der Waals surface area contributed by atoms with Gasteiger partial charge in [0.15, 0.2) is 0 Å². The van der Waals surface area contributed by atoms with Crippen molar-refractivity contribution in [3.8, 4) is 0 Å². The van der Waals surface area contributed by atoms with Gasteiger partial charge >= 0.3 is 0 Å². The molecule has 6 nitrogen and oxygen atoms in total. The van der Waals surface area contributed by atoms with Gasteiger partial charge in [-0.1, -0.05) is 36.0 Å². The summed E-state index contributed by atoms with van der Waals surface area (Å²) in [6.45, 7) is 0. The summed E-state index contributed by atoms with van der Waals surface area (Å²) >= 11 is 1.44. The third-order valence-electron chi connectivity index (χ3n) is 4.75. The minimum absolute atomic E-state index is 0.0854. The monoisotopic (exact) mass is 411 g/mol. The Morgan fingerprint density at radius 1 is 0.933 bits per heavy atom. The Hall–Kier alpha value is -3.71. The van der Waals surface area contributed by atoms with Crippen LogP contribution in [0.3, 0.4) is 0 Å². The summed E-state index contributed by atoms with van der Waals surface area (Å²) in [7, 11) is 1.73. The number of aryl methyl sites for hydroxylation is 1. The van der Waals surface area contributed by atoms with Crippen molar-refractivity contribution in [2.75, 3.05) is 5.32 Å². The first-order valence-corrected chi connectivity index (χ1v) is 10.2. The minimum atomic E-state index is -0.0854. The van der Waals surface area contributed by atoms with E-state index in [1.807, 2.05) is 66.7 Å². The second-order valence-electron chi connectivity index (χ2n) is 6.80. The minimum Gasteiger partial charge on any atom is -0.324 e. The van der Waals surface area contributed by atoms with E-state index in [2.05, 4.69) is 20.3 Å². The molecule has 146 valence electrons. The van der Waals surface area contributed by atoms with E-state index in [-0.39, 0.29) is 5.56 Å². The van der Waals surface area contributed by atoms with Gasteiger partial charge in [-0.15, -0.1) is 0 Å². The van der Waals surface area contributed by atoms with Crippen LogP contribution >= 0.6 is 11.8 Å². The van der Waals surface area contributed by atoms with Gasteiger partial charge in [-0.2, -0.15) is 4.98 Å². The Balaban J connectivity index is 1.50. The largest absolute Gasteiger partial charge is 0.324 e. The molecule has 3 heterocycles. The number of hydrogen-bond acceptors (Lipinski definition) is 6. The van der Waals surface area contributed by atoms with E-state index in [1.54, 1.807) is 24.0 Å². The zero-order valence-corrected chi connectivity index (χ0v) is 16.9. The number of fused-ring (bicyclic) bond motifs is 2. The van der Waals surface area contributed by atoms with Crippen LogP contribution in [0.2, 0.25) is 0 Å². The quantitative estimate of drug-likeness (QED) is 0.459. The standard InChI is InChI=1S/C23H17N5OS/c1-28-21-16(13-20(22(28)29)30-18-7-3-2-4-8-18)14-25-23(27-21)26-17-9-10-19-15(12-17)6-5-11-24-19/h2-14H,1H3,(H,25,26,27). The molecule has 0 aliphatic rings. The molecular weight excluding hydrogens is 394 g/mol. The maximum atomic E-state index is 12.9. The summed E-state index contributed by atoms with van der Waals surface area (Å²) in [5.74, 6) is 0.434. The van der Waals surface area contributed by atoms with Gasteiger partial charge in [-0.25, -0.2) is 4.98 Å². The summed E-state index contributed by atoms with van der Waals surface area (Å²) in [6.07, 6.45) is 3.51. The van der Waals surface area contributed by atoms with E-state index in [1.165, 1.54) is 11.8 Å². The van der Waals surface area contributed by atoms with Crippen molar-refractivity contribution in [1.82, 2.24) is 19.5 Å². The van der Waals surface area contributed by atoms with Crippen molar-refractivity contribution in [2.24, 2.45) is 7.05 Å². The second kappa shape index (κ2) is 7.61. The molecule has 3 aromatic heterocycles. The lowest BCUT2D eigenvalue weighted by Crippen LogP contribution is -2.19. The summed E-state index contributed by atoms with van der Waals surface area (Å²) in [6, 6.07) is 21.5. The van der Waals surface area contributed by atoms with Crippen molar-refractivity contribution >= 4 is 45.3 Å². The number of hydrogen-bond donors (Lipinski definition) is 1. The van der Waals surface area contributed by atoms with Gasteiger partial charge in [0.1, 0.15) is 5.65 Å². The SMILES string of the molecule is Cn1c(=O)c(Sc2ccccc2)cc2cnc(Nc3ccc4ncccc4c3)nc21. The third kappa shape index (κ3) is 3.51. The maximum absolute atomic E-state index is 12.9. The van der Waals surface area contributed by atoms with Gasteiger partial charge in [0.25, 0.3) is 5.56 Å². The fourth-order valence-electron chi connectivity index (χ4n) is 3.25. The molecule has 0 radical (unpaired) electrons. The fourth-order valence-corrected chi connectivity index (χ4v) is 4.21. The lowest BCUT2D eigenvalue weighted by molar-refractivity contribution is 0.857. The summed E-state index contributed by atoms with van der Waals surface area (Å²) in [5.41, 5.74) is 2.28. The summed E-state index contributed by atoms with van der Waals surface area (Å²) in [4.78, 5) is 27.9. The van der Waals surface area contributed by atoms with Crippen molar-refractivity contribution in [3.05, 3.63) is 89.5 Å². The Labute approximate surface area is 176 Å². The maximum Gasteiger partial charge on any atom is 0.265 e. The van der Waals surface area contributed by atoms with Gasteiger partial charge in [-0.05, 0) is 42.5 Å². The average Bonchev–Trinajstić information content (AvgIpc) is 2.78. The smallest absolute Gasteiger partial charge is 0.265 e. The highest BCUT2D eigenvalue weighted by Crippen LogP contribution is 2.27. The number of pyridine rings is 2. The van der Waals surface area contributed by atoms with Crippen LogP contribution in [-0.2, 0) is 7.05 Å². The molecule has 0 amide bonds. The first-order chi connectivity index (χ1) is 14.7. The lowest BCUT2D eigenvalue weighted by atomic mass is 10.2. The van der Waals surface area contributed by atoms with Crippen molar-refractivity contribution in [1.29, 1.82) is 0 Å².